The highest BCUT2D eigenvalue weighted by Gasteiger charge is 2.38. The molecule has 0 aliphatic carbocycles. The van der Waals surface area contributed by atoms with Gasteiger partial charge in [-0.15, -0.1) is 0 Å². The lowest BCUT2D eigenvalue weighted by Gasteiger charge is -2.45. The summed E-state index contributed by atoms with van der Waals surface area (Å²) < 4.78 is 29.7. The van der Waals surface area contributed by atoms with Crippen molar-refractivity contribution in [1.82, 2.24) is 9.21 Å². The van der Waals surface area contributed by atoms with Crippen LogP contribution in [0, 0.1) is 0 Å². The number of ether oxygens (including phenoxy) is 1. The zero-order valence-corrected chi connectivity index (χ0v) is 12.1. The Bertz CT molecular complexity index is 333. The van der Waals surface area contributed by atoms with Crippen LogP contribution in [-0.2, 0) is 14.8 Å². The molecular formula is C11H24N2O3S. The Kier molecular flexibility index (Phi) is 4.95. The molecule has 1 aliphatic rings. The summed E-state index contributed by atoms with van der Waals surface area (Å²) in [5.74, 6) is 0. The van der Waals surface area contributed by atoms with Gasteiger partial charge >= 0.3 is 0 Å². The third-order valence-corrected chi connectivity index (χ3v) is 5.15. The van der Waals surface area contributed by atoms with Gasteiger partial charge in [-0.3, -0.25) is 0 Å². The van der Waals surface area contributed by atoms with Crippen LogP contribution in [0.15, 0.2) is 0 Å². The van der Waals surface area contributed by atoms with Crippen LogP contribution in [0.1, 0.15) is 19.3 Å². The quantitative estimate of drug-likeness (QED) is 0.720. The van der Waals surface area contributed by atoms with Gasteiger partial charge in [0, 0.05) is 32.3 Å². The van der Waals surface area contributed by atoms with Crippen LogP contribution in [0.3, 0.4) is 0 Å². The van der Waals surface area contributed by atoms with Crippen molar-refractivity contribution in [2.24, 2.45) is 0 Å². The molecule has 6 heteroatoms. The van der Waals surface area contributed by atoms with Gasteiger partial charge in [-0.1, -0.05) is 0 Å². The van der Waals surface area contributed by atoms with Gasteiger partial charge in [0.15, 0.2) is 0 Å². The molecule has 0 radical (unpaired) electrons. The predicted octanol–water partition coefficient (Wildman–Crippen LogP) is 0.379. The van der Waals surface area contributed by atoms with Crippen LogP contribution in [0.2, 0.25) is 0 Å². The molecule has 0 aromatic rings. The molecule has 0 unspecified atom stereocenters. The summed E-state index contributed by atoms with van der Waals surface area (Å²) in [7, 11) is 2.79. The average molecular weight is 264 g/mol. The van der Waals surface area contributed by atoms with Crippen molar-refractivity contribution < 1.29 is 13.2 Å². The van der Waals surface area contributed by atoms with Gasteiger partial charge in [-0.2, -0.15) is 0 Å². The van der Waals surface area contributed by atoms with E-state index in [0.29, 0.717) is 13.1 Å². The largest absolute Gasteiger partial charge is 0.385 e. The smallest absolute Gasteiger partial charge is 0.211 e. The van der Waals surface area contributed by atoms with Crippen molar-refractivity contribution in [3.8, 4) is 0 Å². The Labute approximate surface area is 105 Å². The average Bonchev–Trinajstić information content (AvgIpc) is 2.25. The number of hydrogen-bond donors (Lipinski definition) is 0. The van der Waals surface area contributed by atoms with E-state index < -0.39 is 10.0 Å². The molecule has 0 amide bonds. The van der Waals surface area contributed by atoms with Gasteiger partial charge in [0.2, 0.25) is 10.0 Å². The van der Waals surface area contributed by atoms with E-state index in [-0.39, 0.29) is 5.54 Å². The second-order valence-corrected chi connectivity index (χ2v) is 7.01. The fourth-order valence-corrected chi connectivity index (χ4v) is 3.29. The fourth-order valence-electron chi connectivity index (χ4n) is 2.45. The SMILES string of the molecule is COCCC1(N(C)C)CCN(S(C)(=O)=O)CC1. The van der Waals surface area contributed by atoms with Gasteiger partial charge in [0.05, 0.1) is 6.26 Å². The Balaban J connectivity index is 2.67. The van der Waals surface area contributed by atoms with E-state index in [1.165, 1.54) is 6.26 Å². The first-order valence-corrected chi connectivity index (χ1v) is 7.78. The van der Waals surface area contributed by atoms with Gasteiger partial charge in [0.1, 0.15) is 0 Å². The normalized spacial score (nSPS) is 21.9. The minimum absolute atomic E-state index is 0.0806. The van der Waals surface area contributed by atoms with Crippen molar-refractivity contribution in [1.29, 1.82) is 0 Å². The first kappa shape index (κ1) is 14.9. The third kappa shape index (κ3) is 3.64. The highest BCUT2D eigenvalue weighted by atomic mass is 32.2. The Morgan fingerprint density at radius 1 is 1.29 bits per heavy atom. The molecule has 0 atom stereocenters. The van der Waals surface area contributed by atoms with E-state index in [4.69, 9.17) is 4.74 Å². The lowest BCUT2D eigenvalue weighted by Crippen LogP contribution is -2.54. The molecule has 17 heavy (non-hydrogen) atoms. The van der Waals surface area contributed by atoms with Crippen molar-refractivity contribution in [3.63, 3.8) is 0 Å². The van der Waals surface area contributed by atoms with Gasteiger partial charge in [0.25, 0.3) is 0 Å². The van der Waals surface area contributed by atoms with Crippen LogP contribution in [0.4, 0.5) is 0 Å². The van der Waals surface area contributed by atoms with Crippen molar-refractivity contribution >= 4 is 10.0 Å². The number of piperidine rings is 1. The molecule has 102 valence electrons. The lowest BCUT2D eigenvalue weighted by atomic mass is 9.84. The summed E-state index contributed by atoms with van der Waals surface area (Å²) in [6, 6.07) is 0. The Morgan fingerprint density at radius 2 is 1.82 bits per heavy atom. The molecule has 0 saturated carbocycles. The number of methoxy groups -OCH3 is 1. The molecule has 0 spiro atoms. The number of sulfonamides is 1. The summed E-state index contributed by atoms with van der Waals surface area (Å²) in [6.45, 7) is 1.94. The van der Waals surface area contributed by atoms with Crippen molar-refractivity contribution in [2.45, 2.75) is 24.8 Å². The summed E-state index contributed by atoms with van der Waals surface area (Å²) in [5.41, 5.74) is 0.0806. The first-order chi connectivity index (χ1) is 7.82. The molecular weight excluding hydrogens is 240 g/mol. The summed E-state index contributed by atoms with van der Waals surface area (Å²) >= 11 is 0. The second kappa shape index (κ2) is 5.65. The maximum absolute atomic E-state index is 11.5. The number of nitrogens with zero attached hydrogens (tertiary/aromatic N) is 2. The summed E-state index contributed by atoms with van der Waals surface area (Å²) in [6.07, 6.45) is 3.98. The Morgan fingerprint density at radius 3 is 2.18 bits per heavy atom. The summed E-state index contributed by atoms with van der Waals surface area (Å²) in [4.78, 5) is 2.21. The maximum atomic E-state index is 11.5. The Hall–Kier alpha value is -0.170. The standard InChI is InChI=1S/C11H24N2O3S/c1-12(2)11(7-10-16-3)5-8-13(9-6-11)17(4,14)15/h5-10H2,1-4H3. The molecule has 0 N–H and O–H groups in total. The van der Waals surface area contributed by atoms with Crippen LogP contribution >= 0.6 is 0 Å². The molecule has 0 aromatic carbocycles. The first-order valence-electron chi connectivity index (χ1n) is 5.93. The molecule has 1 aliphatic heterocycles. The molecule has 1 heterocycles. The van der Waals surface area contributed by atoms with Crippen molar-refractivity contribution in [2.75, 3.05) is 47.2 Å². The van der Waals surface area contributed by atoms with Crippen LogP contribution < -0.4 is 0 Å². The zero-order valence-electron chi connectivity index (χ0n) is 11.3. The number of hydrogen-bond acceptors (Lipinski definition) is 4. The fraction of sp³-hybridized carbons (Fsp3) is 1.00. The molecule has 0 bridgehead atoms. The van der Waals surface area contributed by atoms with Crippen LogP contribution in [0.5, 0.6) is 0 Å². The van der Waals surface area contributed by atoms with Crippen LogP contribution in [0.25, 0.3) is 0 Å². The minimum atomic E-state index is -3.04. The van der Waals surface area contributed by atoms with E-state index in [1.54, 1.807) is 11.4 Å². The molecule has 1 rings (SSSR count). The third-order valence-electron chi connectivity index (χ3n) is 3.84. The summed E-state index contributed by atoms with van der Waals surface area (Å²) in [5, 5.41) is 0. The van der Waals surface area contributed by atoms with E-state index >= 15 is 0 Å². The van der Waals surface area contributed by atoms with Crippen molar-refractivity contribution in [3.05, 3.63) is 0 Å². The van der Waals surface area contributed by atoms with E-state index in [0.717, 1.165) is 25.9 Å². The van der Waals surface area contributed by atoms with Crippen LogP contribution in [-0.4, -0.2) is 70.3 Å². The second-order valence-electron chi connectivity index (χ2n) is 5.02. The van der Waals surface area contributed by atoms with E-state index in [2.05, 4.69) is 19.0 Å². The molecule has 0 aromatic heterocycles. The molecule has 1 saturated heterocycles. The lowest BCUT2D eigenvalue weighted by molar-refractivity contribution is 0.0468. The minimum Gasteiger partial charge on any atom is -0.385 e. The van der Waals surface area contributed by atoms with Gasteiger partial charge in [-0.05, 0) is 33.4 Å². The van der Waals surface area contributed by atoms with E-state index in [1.807, 2.05) is 0 Å². The maximum Gasteiger partial charge on any atom is 0.211 e. The predicted molar refractivity (Wildman–Crippen MR) is 68.6 cm³/mol. The topological polar surface area (TPSA) is 49.9 Å². The monoisotopic (exact) mass is 264 g/mol. The number of rotatable bonds is 5. The van der Waals surface area contributed by atoms with Gasteiger partial charge in [-0.25, -0.2) is 12.7 Å². The molecule has 5 nitrogen and oxygen atoms in total. The zero-order chi connectivity index (χ0) is 13.1. The molecule has 1 fully saturated rings. The highest BCUT2D eigenvalue weighted by Crippen LogP contribution is 2.31. The van der Waals surface area contributed by atoms with Gasteiger partial charge < -0.3 is 9.64 Å². The highest BCUT2D eigenvalue weighted by molar-refractivity contribution is 7.88. The van der Waals surface area contributed by atoms with E-state index in [9.17, 15) is 8.42 Å².